The van der Waals surface area contributed by atoms with Crippen LogP contribution in [0.2, 0.25) is 0 Å². The molecule has 0 radical (unpaired) electrons. The number of hydrogen-bond donors (Lipinski definition) is 0. The molecular formula is C15H21N3O2. The van der Waals surface area contributed by atoms with Gasteiger partial charge in [-0.05, 0) is 32.0 Å². The average Bonchev–Trinajstić information content (AvgIpc) is 2.46. The van der Waals surface area contributed by atoms with Crippen molar-refractivity contribution in [3.05, 3.63) is 24.0 Å². The highest BCUT2D eigenvalue weighted by Crippen LogP contribution is 2.26. The molecule has 20 heavy (non-hydrogen) atoms. The van der Waals surface area contributed by atoms with Gasteiger partial charge in [-0.1, -0.05) is 0 Å². The van der Waals surface area contributed by atoms with Gasteiger partial charge in [0.2, 0.25) is 0 Å². The van der Waals surface area contributed by atoms with E-state index in [1.165, 1.54) is 0 Å². The molecule has 0 unspecified atom stereocenters. The number of nitrogens with zero attached hydrogens (tertiary/aromatic N) is 3. The van der Waals surface area contributed by atoms with E-state index in [4.69, 9.17) is 9.47 Å². The number of aryl methyl sites for hydroxylation is 1. The molecule has 1 heterocycles. The number of aromatic nitrogens is 2. The summed E-state index contributed by atoms with van der Waals surface area (Å²) in [6.07, 6.45) is 0. The molecule has 0 spiro atoms. The molecular weight excluding hydrogens is 254 g/mol. The van der Waals surface area contributed by atoms with Crippen LogP contribution in [0.15, 0.2) is 18.2 Å². The highest BCUT2D eigenvalue weighted by molar-refractivity contribution is 5.90. The van der Waals surface area contributed by atoms with E-state index in [9.17, 15) is 0 Å². The number of likely N-dealkylation sites (N-methyl/N-ethyl adjacent to an activating group) is 1. The van der Waals surface area contributed by atoms with Crippen LogP contribution in [0.5, 0.6) is 5.75 Å². The van der Waals surface area contributed by atoms with Crippen molar-refractivity contribution in [3.8, 4) is 5.75 Å². The van der Waals surface area contributed by atoms with E-state index in [0.29, 0.717) is 6.61 Å². The van der Waals surface area contributed by atoms with Crippen LogP contribution in [0.25, 0.3) is 10.9 Å². The molecule has 5 nitrogen and oxygen atoms in total. The lowest BCUT2D eigenvalue weighted by Gasteiger charge is -2.20. The van der Waals surface area contributed by atoms with Gasteiger partial charge in [0, 0.05) is 25.6 Å². The Morgan fingerprint density at radius 2 is 2.05 bits per heavy atom. The summed E-state index contributed by atoms with van der Waals surface area (Å²) < 4.78 is 10.7. The Kier molecular flexibility index (Phi) is 4.74. The molecule has 108 valence electrons. The van der Waals surface area contributed by atoms with E-state index in [-0.39, 0.29) is 0 Å². The lowest BCUT2D eigenvalue weighted by molar-refractivity contribution is 0.154. The first-order valence-electron chi connectivity index (χ1n) is 6.77. The number of hydrogen-bond acceptors (Lipinski definition) is 5. The first-order valence-corrected chi connectivity index (χ1v) is 6.77. The minimum atomic E-state index is 0.682. The van der Waals surface area contributed by atoms with Gasteiger partial charge in [-0.2, -0.15) is 0 Å². The van der Waals surface area contributed by atoms with Crippen LogP contribution in [0.1, 0.15) is 12.7 Å². The van der Waals surface area contributed by atoms with Gasteiger partial charge in [0.15, 0.2) is 0 Å². The Bertz CT molecular complexity index is 587. The highest BCUT2D eigenvalue weighted by Gasteiger charge is 2.11. The maximum atomic E-state index is 5.40. The van der Waals surface area contributed by atoms with Gasteiger partial charge < -0.3 is 14.4 Å². The van der Waals surface area contributed by atoms with E-state index in [1.807, 2.05) is 39.1 Å². The lowest BCUT2D eigenvalue weighted by atomic mass is 10.2. The third-order valence-corrected chi connectivity index (χ3v) is 3.13. The summed E-state index contributed by atoms with van der Waals surface area (Å²) in [5.74, 6) is 2.48. The molecule has 0 atom stereocenters. The number of methoxy groups -OCH3 is 1. The third-order valence-electron chi connectivity index (χ3n) is 3.13. The van der Waals surface area contributed by atoms with Gasteiger partial charge in [0.1, 0.15) is 17.4 Å². The molecule has 0 aliphatic carbocycles. The zero-order chi connectivity index (χ0) is 14.5. The molecule has 0 amide bonds. The summed E-state index contributed by atoms with van der Waals surface area (Å²) in [4.78, 5) is 11.1. The summed E-state index contributed by atoms with van der Waals surface area (Å²) in [6, 6.07) is 5.85. The number of rotatable bonds is 6. The standard InChI is InChI=1S/C15H21N3O2/c1-5-20-9-8-18(3)15-13-10-12(19-4)6-7-14(13)16-11(2)17-15/h6-7,10H,5,8-9H2,1-4H3. The van der Waals surface area contributed by atoms with Crippen molar-refractivity contribution in [1.29, 1.82) is 0 Å². The van der Waals surface area contributed by atoms with Crippen molar-refractivity contribution in [1.82, 2.24) is 9.97 Å². The molecule has 1 aromatic carbocycles. The molecule has 0 saturated heterocycles. The van der Waals surface area contributed by atoms with E-state index >= 15 is 0 Å². The van der Waals surface area contributed by atoms with Gasteiger partial charge in [0.05, 0.1) is 19.2 Å². The molecule has 0 N–H and O–H groups in total. The number of anilines is 1. The maximum Gasteiger partial charge on any atom is 0.140 e. The summed E-state index contributed by atoms with van der Waals surface area (Å²) in [5, 5.41) is 0.994. The quantitative estimate of drug-likeness (QED) is 0.758. The van der Waals surface area contributed by atoms with Crippen LogP contribution in [0, 0.1) is 6.92 Å². The fourth-order valence-corrected chi connectivity index (χ4v) is 2.07. The Hall–Kier alpha value is -1.88. The molecule has 1 aromatic heterocycles. The van der Waals surface area contributed by atoms with Crippen molar-refractivity contribution in [2.45, 2.75) is 13.8 Å². The monoisotopic (exact) mass is 275 g/mol. The second-order valence-electron chi connectivity index (χ2n) is 4.60. The Balaban J connectivity index is 2.39. The second-order valence-corrected chi connectivity index (χ2v) is 4.60. The van der Waals surface area contributed by atoms with Gasteiger partial charge >= 0.3 is 0 Å². The molecule has 0 aliphatic rings. The van der Waals surface area contributed by atoms with Gasteiger partial charge in [-0.25, -0.2) is 9.97 Å². The van der Waals surface area contributed by atoms with Crippen LogP contribution in [-0.4, -0.2) is 43.9 Å². The Labute approximate surface area is 119 Å². The second kappa shape index (κ2) is 6.52. The number of benzene rings is 1. The highest BCUT2D eigenvalue weighted by atomic mass is 16.5. The van der Waals surface area contributed by atoms with Crippen LogP contribution in [0.4, 0.5) is 5.82 Å². The minimum Gasteiger partial charge on any atom is -0.497 e. The van der Waals surface area contributed by atoms with Gasteiger partial charge in [-0.15, -0.1) is 0 Å². The largest absolute Gasteiger partial charge is 0.497 e. The van der Waals surface area contributed by atoms with Crippen molar-refractivity contribution in [2.24, 2.45) is 0 Å². The zero-order valence-electron chi connectivity index (χ0n) is 12.5. The number of fused-ring (bicyclic) bond motifs is 1. The summed E-state index contributed by atoms with van der Waals surface area (Å²) >= 11 is 0. The Morgan fingerprint density at radius 1 is 1.25 bits per heavy atom. The molecule has 2 aromatic rings. The molecule has 2 rings (SSSR count). The predicted molar refractivity (Wildman–Crippen MR) is 80.6 cm³/mol. The smallest absolute Gasteiger partial charge is 0.140 e. The van der Waals surface area contributed by atoms with Crippen LogP contribution in [0.3, 0.4) is 0 Å². The molecule has 0 fully saturated rings. The van der Waals surface area contributed by atoms with Crippen molar-refractivity contribution >= 4 is 16.7 Å². The summed E-state index contributed by atoms with van der Waals surface area (Å²) in [5.41, 5.74) is 0.927. The fraction of sp³-hybridized carbons (Fsp3) is 0.467. The predicted octanol–water partition coefficient (Wildman–Crippen LogP) is 2.42. The fourth-order valence-electron chi connectivity index (χ4n) is 2.07. The van der Waals surface area contributed by atoms with Gasteiger partial charge in [-0.3, -0.25) is 0 Å². The zero-order valence-corrected chi connectivity index (χ0v) is 12.5. The van der Waals surface area contributed by atoms with Crippen LogP contribution in [-0.2, 0) is 4.74 Å². The van der Waals surface area contributed by atoms with Crippen LogP contribution >= 0.6 is 0 Å². The minimum absolute atomic E-state index is 0.682. The third kappa shape index (κ3) is 3.17. The maximum absolute atomic E-state index is 5.40. The van der Waals surface area contributed by atoms with Crippen LogP contribution < -0.4 is 9.64 Å². The molecule has 0 bridgehead atoms. The number of ether oxygens (including phenoxy) is 2. The summed E-state index contributed by atoms with van der Waals surface area (Å²) in [7, 11) is 3.67. The van der Waals surface area contributed by atoms with E-state index < -0.39 is 0 Å². The normalized spacial score (nSPS) is 10.8. The molecule has 5 heteroatoms. The van der Waals surface area contributed by atoms with Gasteiger partial charge in [0.25, 0.3) is 0 Å². The topological polar surface area (TPSA) is 47.5 Å². The Morgan fingerprint density at radius 3 is 2.75 bits per heavy atom. The van der Waals surface area contributed by atoms with Crippen molar-refractivity contribution in [3.63, 3.8) is 0 Å². The first-order chi connectivity index (χ1) is 9.65. The average molecular weight is 275 g/mol. The van der Waals surface area contributed by atoms with E-state index in [0.717, 1.165) is 41.4 Å². The van der Waals surface area contributed by atoms with E-state index in [1.54, 1.807) is 7.11 Å². The SMILES string of the molecule is CCOCCN(C)c1nc(C)nc2ccc(OC)cc12. The lowest BCUT2D eigenvalue weighted by Crippen LogP contribution is -2.24. The summed E-state index contributed by atoms with van der Waals surface area (Å²) in [6.45, 7) is 6.10. The first kappa shape index (κ1) is 14.5. The molecule has 0 aliphatic heterocycles. The van der Waals surface area contributed by atoms with Crippen molar-refractivity contribution in [2.75, 3.05) is 38.8 Å². The molecule has 0 saturated carbocycles. The van der Waals surface area contributed by atoms with E-state index in [2.05, 4.69) is 14.9 Å². The van der Waals surface area contributed by atoms with Crippen molar-refractivity contribution < 1.29 is 9.47 Å².